The van der Waals surface area contributed by atoms with E-state index < -0.39 is 53.7 Å². The highest BCUT2D eigenvalue weighted by Gasteiger charge is 2.36. The SMILES string of the molecule is CCCCCCCc1ccc(C(=O)NC(CS)C(=O)N(C)[C@@H]2C(=O)N[C@@H](C)C(=O)N[C@H](C(=O)NCC#N)Cc3ccc(OCCN)c(c3)-c3cc2ccc3OCCN)c(C)c1. The lowest BCUT2D eigenvalue weighted by atomic mass is 9.93. The van der Waals surface area contributed by atoms with Crippen molar-refractivity contribution in [2.75, 3.05) is 45.6 Å². The number of ether oxygens (including phenoxy) is 2. The molecule has 0 radical (unpaired) electrons. The Kier molecular flexibility index (Phi) is 18.9. The van der Waals surface area contributed by atoms with Crippen LogP contribution in [-0.2, 0) is 32.0 Å². The Hall–Kier alpha value is -5.63. The lowest BCUT2D eigenvalue weighted by Crippen LogP contribution is -2.56. The Morgan fingerprint density at radius 1 is 0.934 bits per heavy atom. The van der Waals surface area contributed by atoms with E-state index >= 15 is 0 Å². The number of nitrogens with two attached hydrogens (primary N) is 2. The Bertz CT molecular complexity index is 2060. The van der Waals surface area contributed by atoms with Crippen molar-refractivity contribution < 1.29 is 33.4 Å². The van der Waals surface area contributed by atoms with E-state index in [2.05, 4.69) is 40.8 Å². The second-order valence-corrected chi connectivity index (χ2v) is 15.5. The number of fused-ring (bicyclic) bond motifs is 5. The van der Waals surface area contributed by atoms with Gasteiger partial charge in [-0.15, -0.1) is 0 Å². The van der Waals surface area contributed by atoms with E-state index in [-0.39, 0.29) is 45.0 Å². The molecule has 4 rings (SSSR count). The van der Waals surface area contributed by atoms with Gasteiger partial charge in [0, 0.05) is 49.0 Å². The van der Waals surface area contributed by atoms with Crippen molar-refractivity contribution in [1.82, 2.24) is 26.2 Å². The van der Waals surface area contributed by atoms with Crippen LogP contribution in [0.15, 0.2) is 54.6 Å². The van der Waals surface area contributed by atoms with Crippen molar-refractivity contribution in [2.24, 2.45) is 11.5 Å². The fraction of sp³-hybridized carbons (Fsp3) is 0.467. The van der Waals surface area contributed by atoms with E-state index in [1.165, 1.54) is 38.1 Å². The number of carbonyl (C=O) groups excluding carboxylic acids is 5. The van der Waals surface area contributed by atoms with Gasteiger partial charge in [-0.25, -0.2) is 0 Å². The number of nitrogens with one attached hydrogen (secondary N) is 4. The lowest BCUT2D eigenvalue weighted by Gasteiger charge is -2.32. The number of carbonyl (C=O) groups is 5. The second kappa shape index (κ2) is 24.0. The van der Waals surface area contributed by atoms with Crippen LogP contribution in [0.3, 0.4) is 0 Å². The van der Waals surface area contributed by atoms with E-state index in [0.717, 1.165) is 30.4 Å². The molecule has 0 aliphatic carbocycles. The number of rotatable bonds is 19. The van der Waals surface area contributed by atoms with Gasteiger partial charge in [0.25, 0.3) is 5.91 Å². The first-order valence-electron chi connectivity index (χ1n) is 20.8. The van der Waals surface area contributed by atoms with Crippen molar-refractivity contribution in [3.8, 4) is 28.7 Å². The van der Waals surface area contributed by atoms with Crippen LogP contribution in [0.25, 0.3) is 11.1 Å². The number of aryl methyl sites for hydroxylation is 2. The zero-order valence-electron chi connectivity index (χ0n) is 35.6. The van der Waals surface area contributed by atoms with Crippen molar-refractivity contribution in [2.45, 2.75) is 89.9 Å². The molecule has 4 atom stereocenters. The van der Waals surface area contributed by atoms with E-state index in [1.54, 1.807) is 42.5 Å². The van der Waals surface area contributed by atoms with Crippen LogP contribution >= 0.6 is 12.6 Å². The zero-order chi connectivity index (χ0) is 44.5. The smallest absolute Gasteiger partial charge is 0.252 e. The summed E-state index contributed by atoms with van der Waals surface area (Å²) in [5, 5.41) is 19.9. The first-order chi connectivity index (χ1) is 29.4. The van der Waals surface area contributed by atoms with Crippen molar-refractivity contribution in [3.63, 3.8) is 0 Å². The number of nitriles is 1. The molecule has 0 saturated carbocycles. The maximum absolute atomic E-state index is 14.5. The first kappa shape index (κ1) is 48.0. The molecule has 8 N–H and O–H groups in total. The number of amides is 5. The number of hydrogen-bond acceptors (Lipinski definition) is 11. The normalized spacial score (nSPS) is 16.8. The van der Waals surface area contributed by atoms with Crippen molar-refractivity contribution >= 4 is 42.2 Å². The molecule has 0 aromatic heterocycles. The fourth-order valence-electron chi connectivity index (χ4n) is 7.20. The molecule has 1 aliphatic rings. The molecule has 3 aromatic carbocycles. The quantitative estimate of drug-likeness (QED) is 0.0529. The minimum Gasteiger partial charge on any atom is -0.492 e. The fourth-order valence-corrected chi connectivity index (χ4v) is 7.44. The van der Waals surface area contributed by atoms with Gasteiger partial charge in [0.05, 0.1) is 6.07 Å². The summed E-state index contributed by atoms with van der Waals surface area (Å²) in [4.78, 5) is 70.7. The van der Waals surface area contributed by atoms with Gasteiger partial charge < -0.3 is 47.1 Å². The maximum Gasteiger partial charge on any atom is 0.252 e. The van der Waals surface area contributed by atoms with E-state index in [0.29, 0.717) is 39.3 Å². The molecule has 328 valence electrons. The zero-order valence-corrected chi connectivity index (χ0v) is 36.4. The molecule has 16 heteroatoms. The molecule has 1 heterocycles. The van der Waals surface area contributed by atoms with Gasteiger partial charge in [0.1, 0.15) is 55.4 Å². The minimum absolute atomic E-state index is 0.0199. The molecule has 3 aromatic rings. The molecular formula is C45H60N8O7S. The molecule has 4 bridgehead atoms. The number of hydrogen-bond donors (Lipinski definition) is 7. The number of nitrogens with zero attached hydrogens (tertiary/aromatic N) is 2. The van der Waals surface area contributed by atoms with Crippen LogP contribution in [0.4, 0.5) is 0 Å². The summed E-state index contributed by atoms with van der Waals surface area (Å²) in [6, 6.07) is 13.0. The minimum atomic E-state index is -1.35. The Morgan fingerprint density at radius 2 is 1.61 bits per heavy atom. The highest BCUT2D eigenvalue weighted by molar-refractivity contribution is 7.80. The standard InChI is InChI=1S/C45H60N8O7S/c1-5-6-7-8-9-10-30-11-14-33(28(2)23-30)42(55)52-37(27-61)45(58)53(4)40-32-13-16-39(60-22-19-48)35(26-32)34-24-31(12-15-38(34)59-21-18-47)25-36(43(56)49-20-17-46)51-41(54)29(3)50-44(40)57/h11-16,23-24,26,29,36-37,40,61H,5-10,18-22,25,27,47-48H2,1-4H3,(H,49,56)(H,50,57)(H,51,54)(H,52,55)/t29-,36-,37?,40-/m0/s1. The summed E-state index contributed by atoms with van der Waals surface area (Å²) in [5.41, 5.74) is 15.9. The topological polar surface area (TPSA) is 231 Å². The van der Waals surface area contributed by atoms with Gasteiger partial charge in [-0.2, -0.15) is 17.9 Å². The van der Waals surface area contributed by atoms with Crippen LogP contribution in [0.1, 0.15) is 84.6 Å². The predicted octanol–water partition coefficient (Wildman–Crippen LogP) is 3.26. The molecule has 0 spiro atoms. The lowest BCUT2D eigenvalue weighted by molar-refractivity contribution is -0.141. The van der Waals surface area contributed by atoms with Crippen molar-refractivity contribution in [1.29, 1.82) is 5.26 Å². The van der Waals surface area contributed by atoms with Gasteiger partial charge >= 0.3 is 0 Å². The molecule has 0 saturated heterocycles. The molecule has 61 heavy (non-hydrogen) atoms. The summed E-state index contributed by atoms with van der Waals surface area (Å²) in [7, 11) is 1.44. The maximum atomic E-state index is 14.5. The van der Waals surface area contributed by atoms with E-state index in [1.807, 2.05) is 25.1 Å². The molecule has 1 aliphatic heterocycles. The third-order valence-electron chi connectivity index (χ3n) is 10.4. The van der Waals surface area contributed by atoms with Crippen LogP contribution < -0.4 is 42.2 Å². The molecule has 15 nitrogen and oxygen atoms in total. The number of thiol groups is 1. The van der Waals surface area contributed by atoms with Gasteiger partial charge in [0.2, 0.25) is 23.6 Å². The largest absolute Gasteiger partial charge is 0.492 e. The highest BCUT2D eigenvalue weighted by Crippen LogP contribution is 2.40. The molecule has 5 amide bonds. The highest BCUT2D eigenvalue weighted by atomic mass is 32.1. The van der Waals surface area contributed by atoms with Gasteiger partial charge in [-0.05, 0) is 79.3 Å². The average Bonchev–Trinajstić information content (AvgIpc) is 3.25. The summed E-state index contributed by atoms with van der Waals surface area (Å²) >= 11 is 4.44. The number of unbranched alkanes of at least 4 members (excludes halogenated alkanes) is 4. The number of benzene rings is 3. The van der Waals surface area contributed by atoms with Crippen LogP contribution in [0.5, 0.6) is 11.5 Å². The summed E-state index contributed by atoms with van der Waals surface area (Å²) in [6.07, 6.45) is 6.72. The van der Waals surface area contributed by atoms with Crippen molar-refractivity contribution in [3.05, 3.63) is 82.4 Å². The van der Waals surface area contributed by atoms with Gasteiger partial charge in [-0.1, -0.05) is 56.9 Å². The first-order valence-corrected chi connectivity index (χ1v) is 21.5. The average molecular weight is 857 g/mol. The Balaban J connectivity index is 1.77. The van der Waals surface area contributed by atoms with Crippen LogP contribution in [0.2, 0.25) is 0 Å². The van der Waals surface area contributed by atoms with Gasteiger partial charge in [0.15, 0.2) is 0 Å². The van der Waals surface area contributed by atoms with Gasteiger partial charge in [-0.3, -0.25) is 24.0 Å². The number of likely N-dealkylation sites (N-methyl/N-ethyl adjacent to an activating group) is 1. The Labute approximate surface area is 364 Å². The summed E-state index contributed by atoms with van der Waals surface area (Å²) < 4.78 is 12.2. The van der Waals surface area contributed by atoms with E-state index in [4.69, 9.17) is 26.2 Å². The second-order valence-electron chi connectivity index (χ2n) is 15.1. The van der Waals surface area contributed by atoms with Crippen LogP contribution in [0, 0.1) is 18.3 Å². The van der Waals surface area contributed by atoms with Crippen LogP contribution in [-0.4, -0.2) is 98.2 Å². The summed E-state index contributed by atoms with van der Waals surface area (Å²) in [6.45, 7) is 5.95. The molecular weight excluding hydrogens is 797 g/mol. The monoisotopic (exact) mass is 856 g/mol. The molecule has 0 fully saturated rings. The Morgan fingerprint density at radius 3 is 2.25 bits per heavy atom. The van der Waals surface area contributed by atoms with E-state index in [9.17, 15) is 24.0 Å². The predicted molar refractivity (Wildman–Crippen MR) is 237 cm³/mol. The third kappa shape index (κ3) is 13.2. The third-order valence-corrected chi connectivity index (χ3v) is 10.8. The molecule has 1 unspecified atom stereocenters. The summed E-state index contributed by atoms with van der Waals surface area (Å²) in [5.74, 6) is -2.36.